The van der Waals surface area contributed by atoms with Crippen molar-refractivity contribution in [1.82, 2.24) is 0 Å². The van der Waals surface area contributed by atoms with Crippen molar-refractivity contribution in [3.05, 3.63) is 27.3 Å². The zero-order valence-corrected chi connectivity index (χ0v) is 7.34. The fraction of sp³-hybridized carbons (Fsp3) is 0.143. The summed E-state index contributed by atoms with van der Waals surface area (Å²) in [5.74, 6) is 0. The number of halogens is 1. The van der Waals surface area contributed by atoms with Crippen molar-refractivity contribution < 1.29 is 0 Å². The van der Waals surface area contributed by atoms with Crippen molar-refractivity contribution in [2.45, 2.75) is 6.92 Å². The Morgan fingerprint density at radius 3 is 2.56 bits per heavy atom. The molecule has 0 aliphatic heterocycles. The number of aryl methyl sites for hydroxylation is 1. The zero-order chi connectivity index (χ0) is 6.85. The molecule has 0 amide bonds. The first kappa shape index (κ1) is 7.13. The Labute approximate surface area is 70.2 Å². The van der Waals surface area contributed by atoms with Crippen LogP contribution in [0, 0.1) is 10.5 Å². The lowest BCUT2D eigenvalue weighted by atomic mass is 9.96. The highest BCUT2D eigenvalue weighted by molar-refractivity contribution is 14.1. The van der Waals surface area contributed by atoms with Gasteiger partial charge in [0.2, 0.25) is 0 Å². The summed E-state index contributed by atoms with van der Waals surface area (Å²) in [5, 5.41) is 0. The molecule has 0 spiro atoms. The van der Waals surface area contributed by atoms with E-state index < -0.39 is 0 Å². The molecule has 9 heavy (non-hydrogen) atoms. The minimum Gasteiger partial charge on any atom is -0.0956 e. The van der Waals surface area contributed by atoms with Gasteiger partial charge in [-0.3, -0.25) is 0 Å². The quantitative estimate of drug-likeness (QED) is 0.464. The van der Waals surface area contributed by atoms with E-state index in [1.54, 1.807) is 0 Å². The molecule has 0 heterocycles. The highest BCUT2D eigenvalue weighted by Gasteiger charge is 1.90. The normalized spacial score (nSPS) is 9.56. The summed E-state index contributed by atoms with van der Waals surface area (Å²) in [6.07, 6.45) is 0. The molecule has 0 saturated carbocycles. The molecule has 1 aromatic rings. The van der Waals surface area contributed by atoms with Gasteiger partial charge < -0.3 is 0 Å². The van der Waals surface area contributed by atoms with Gasteiger partial charge in [0.05, 0.1) is 0 Å². The van der Waals surface area contributed by atoms with Crippen LogP contribution in [0.25, 0.3) is 0 Å². The summed E-state index contributed by atoms with van der Waals surface area (Å²) in [6.45, 7) is 2.07. The molecule has 0 fully saturated rings. The predicted octanol–water partition coefficient (Wildman–Crippen LogP) is 1.39. The molecule has 0 nitrogen and oxygen atoms in total. The Bertz CT molecular complexity index is 220. The van der Waals surface area contributed by atoms with Gasteiger partial charge in [-0.2, -0.15) is 0 Å². The van der Waals surface area contributed by atoms with Gasteiger partial charge in [-0.15, -0.1) is 0 Å². The summed E-state index contributed by atoms with van der Waals surface area (Å²) in [4.78, 5) is 0. The van der Waals surface area contributed by atoms with Crippen molar-refractivity contribution >= 4 is 35.9 Å². The number of rotatable bonds is 0. The second kappa shape index (κ2) is 2.73. The lowest BCUT2D eigenvalue weighted by Gasteiger charge is -1.97. The van der Waals surface area contributed by atoms with Crippen LogP contribution in [0.4, 0.5) is 0 Å². The smallest absolute Gasteiger partial charge is 0.0956 e. The van der Waals surface area contributed by atoms with Crippen LogP contribution in [0.1, 0.15) is 5.56 Å². The largest absolute Gasteiger partial charge is 0.113 e. The monoisotopic (exact) mass is 228 g/mol. The summed E-state index contributed by atoms with van der Waals surface area (Å²) in [5.41, 5.74) is 2.12. The van der Waals surface area contributed by atoms with Crippen molar-refractivity contribution in [3.8, 4) is 0 Å². The Morgan fingerprint density at radius 2 is 2.11 bits per heavy atom. The number of hydrogen-bond acceptors (Lipinski definition) is 0. The van der Waals surface area contributed by atoms with Gasteiger partial charge in [0.25, 0.3) is 0 Å². The number of hydrogen-bond donors (Lipinski definition) is 0. The van der Waals surface area contributed by atoms with E-state index in [0.29, 0.717) is 0 Å². The molecule has 0 aliphatic carbocycles. The van der Waals surface area contributed by atoms with Crippen LogP contribution in [-0.4, -0.2) is 7.85 Å². The molecule has 0 N–H and O–H groups in total. The van der Waals surface area contributed by atoms with Gasteiger partial charge in [0, 0.05) is 3.57 Å². The third-order valence-electron chi connectivity index (χ3n) is 1.20. The van der Waals surface area contributed by atoms with E-state index in [1.807, 2.05) is 18.2 Å². The SMILES string of the molecule is [B]c1ccc(C)c(I)c1. The standard InChI is InChI=1S/C7H6BI/c1-5-2-3-6(8)4-7(5)9/h2-4H,1H3. The lowest BCUT2D eigenvalue weighted by molar-refractivity contribution is 1.44. The van der Waals surface area contributed by atoms with Gasteiger partial charge in [0.15, 0.2) is 0 Å². The third kappa shape index (κ3) is 1.71. The van der Waals surface area contributed by atoms with E-state index >= 15 is 0 Å². The van der Waals surface area contributed by atoms with Crippen LogP contribution < -0.4 is 5.46 Å². The molecule has 0 aliphatic rings. The Kier molecular flexibility index (Phi) is 2.16. The van der Waals surface area contributed by atoms with E-state index in [2.05, 4.69) is 29.5 Å². The predicted molar refractivity (Wildman–Crippen MR) is 49.3 cm³/mol. The minimum atomic E-state index is 0.838. The molecule has 0 bridgehead atoms. The molecule has 2 heteroatoms. The molecular weight excluding hydrogens is 222 g/mol. The van der Waals surface area contributed by atoms with Crippen molar-refractivity contribution in [2.24, 2.45) is 0 Å². The van der Waals surface area contributed by atoms with Gasteiger partial charge >= 0.3 is 0 Å². The molecule has 0 unspecified atom stereocenters. The third-order valence-corrected chi connectivity index (χ3v) is 2.36. The van der Waals surface area contributed by atoms with Crippen LogP contribution in [0.3, 0.4) is 0 Å². The van der Waals surface area contributed by atoms with Crippen LogP contribution in [0.2, 0.25) is 0 Å². The lowest BCUT2D eigenvalue weighted by Crippen LogP contribution is -2.01. The van der Waals surface area contributed by atoms with Crippen molar-refractivity contribution in [2.75, 3.05) is 0 Å². The van der Waals surface area contributed by atoms with Crippen LogP contribution in [0.15, 0.2) is 18.2 Å². The first-order chi connectivity index (χ1) is 4.20. The first-order valence-corrected chi connectivity index (χ1v) is 3.79. The Morgan fingerprint density at radius 1 is 1.44 bits per heavy atom. The van der Waals surface area contributed by atoms with E-state index in [1.165, 1.54) is 9.13 Å². The van der Waals surface area contributed by atoms with Crippen LogP contribution in [0.5, 0.6) is 0 Å². The zero-order valence-electron chi connectivity index (χ0n) is 5.19. The molecule has 0 atom stereocenters. The fourth-order valence-corrected chi connectivity index (χ4v) is 1.15. The van der Waals surface area contributed by atoms with E-state index in [-0.39, 0.29) is 0 Å². The summed E-state index contributed by atoms with van der Waals surface area (Å²) >= 11 is 2.27. The highest BCUT2D eigenvalue weighted by atomic mass is 127. The molecule has 1 aromatic carbocycles. The molecule has 44 valence electrons. The van der Waals surface area contributed by atoms with Gasteiger partial charge in [-0.1, -0.05) is 23.7 Å². The summed E-state index contributed by atoms with van der Waals surface area (Å²) < 4.78 is 1.23. The van der Waals surface area contributed by atoms with Gasteiger partial charge in [0.1, 0.15) is 7.85 Å². The van der Waals surface area contributed by atoms with E-state index in [9.17, 15) is 0 Å². The minimum absolute atomic E-state index is 0.838. The summed E-state index contributed by atoms with van der Waals surface area (Å²) in [7, 11) is 5.52. The number of benzene rings is 1. The topological polar surface area (TPSA) is 0 Å². The summed E-state index contributed by atoms with van der Waals surface area (Å²) in [6, 6.07) is 5.91. The average Bonchev–Trinajstić information content (AvgIpc) is 1.80. The fourth-order valence-electron chi connectivity index (χ4n) is 0.609. The second-order valence-electron chi connectivity index (χ2n) is 2.01. The highest BCUT2D eigenvalue weighted by Crippen LogP contribution is 2.06. The van der Waals surface area contributed by atoms with E-state index in [4.69, 9.17) is 7.85 Å². The van der Waals surface area contributed by atoms with E-state index in [0.717, 1.165) is 5.46 Å². The molecule has 0 saturated heterocycles. The molecule has 0 aromatic heterocycles. The second-order valence-corrected chi connectivity index (χ2v) is 3.17. The first-order valence-electron chi connectivity index (χ1n) is 2.72. The Balaban J connectivity index is 3.17. The molecule has 2 radical (unpaired) electrons. The van der Waals surface area contributed by atoms with Gasteiger partial charge in [-0.25, -0.2) is 0 Å². The molecular formula is C7H6BI. The van der Waals surface area contributed by atoms with Crippen molar-refractivity contribution in [3.63, 3.8) is 0 Å². The molecule has 1 rings (SSSR count). The maximum atomic E-state index is 5.52. The van der Waals surface area contributed by atoms with Crippen molar-refractivity contribution in [1.29, 1.82) is 0 Å². The van der Waals surface area contributed by atoms with Gasteiger partial charge in [-0.05, 0) is 35.1 Å². The van der Waals surface area contributed by atoms with Crippen LogP contribution >= 0.6 is 22.6 Å². The maximum absolute atomic E-state index is 5.52. The Hall–Kier alpha value is 0.0149. The van der Waals surface area contributed by atoms with Crippen LogP contribution in [-0.2, 0) is 0 Å². The average molecular weight is 228 g/mol. The maximum Gasteiger partial charge on any atom is 0.113 e.